The van der Waals surface area contributed by atoms with Crippen molar-refractivity contribution >= 4 is 46.7 Å². The molecule has 3 heterocycles. The Hall–Kier alpha value is -1.46. The number of hydrogen-bond acceptors (Lipinski definition) is 6. The molecule has 2 aliphatic carbocycles. The molecule has 1 aromatic heterocycles. The fraction of sp³-hybridized carbons (Fsp3) is 0.741. The number of alkyl halides is 1. The molecule has 5 rings (SSSR count). The number of ether oxygens (including phenoxy) is 2. The van der Waals surface area contributed by atoms with Crippen molar-refractivity contribution in [1.82, 2.24) is 4.98 Å². The number of quaternary nitrogens is 1. The highest BCUT2D eigenvalue weighted by molar-refractivity contribution is 7.97. The van der Waals surface area contributed by atoms with Gasteiger partial charge in [-0.2, -0.15) is 16.2 Å². The van der Waals surface area contributed by atoms with E-state index in [0.717, 1.165) is 32.1 Å². The minimum atomic E-state index is -0.985. The third-order valence-corrected chi connectivity index (χ3v) is 7.68. The zero-order chi connectivity index (χ0) is 27.9. The van der Waals surface area contributed by atoms with Gasteiger partial charge in [0.2, 0.25) is 11.9 Å². The average molecular weight is 574 g/mol. The van der Waals surface area contributed by atoms with Crippen molar-refractivity contribution in [1.29, 1.82) is 0 Å². The fourth-order valence-corrected chi connectivity index (χ4v) is 5.71. The first kappa shape index (κ1) is 31.1. The van der Waals surface area contributed by atoms with E-state index in [4.69, 9.17) is 9.47 Å². The summed E-state index contributed by atoms with van der Waals surface area (Å²) in [5.41, 5.74) is 3.91. The molecule has 214 valence electrons. The van der Waals surface area contributed by atoms with E-state index in [-0.39, 0.29) is 30.3 Å². The van der Waals surface area contributed by atoms with Crippen molar-refractivity contribution in [3.8, 4) is 0 Å². The summed E-state index contributed by atoms with van der Waals surface area (Å²) in [6.07, 6.45) is 11.8. The van der Waals surface area contributed by atoms with Crippen molar-refractivity contribution in [2.24, 2.45) is 17.8 Å². The van der Waals surface area contributed by atoms with Gasteiger partial charge in [0.05, 0.1) is 11.1 Å². The summed E-state index contributed by atoms with van der Waals surface area (Å²) in [5.74, 6) is 0.434. The van der Waals surface area contributed by atoms with Crippen LogP contribution < -0.4 is 16.0 Å². The summed E-state index contributed by atoms with van der Waals surface area (Å²) in [5, 5.41) is 2.80. The molecule has 1 unspecified atom stereocenters. The highest BCUT2D eigenvalue weighted by Crippen LogP contribution is 2.51. The average Bonchev–Trinajstić information content (AvgIpc) is 3.84. The fourth-order valence-electron chi connectivity index (χ4n) is 5.71. The summed E-state index contributed by atoms with van der Waals surface area (Å²) in [4.78, 5) is 32.1. The number of amides is 2. The molecule has 1 spiro atoms. The second-order valence-corrected chi connectivity index (χ2v) is 11.2. The van der Waals surface area contributed by atoms with Crippen molar-refractivity contribution in [2.45, 2.75) is 63.3 Å². The lowest BCUT2D eigenvalue weighted by Crippen LogP contribution is -2.70. The number of pyridine rings is 1. The van der Waals surface area contributed by atoms with E-state index in [0.29, 0.717) is 55.7 Å². The van der Waals surface area contributed by atoms with Gasteiger partial charge in [0.25, 0.3) is 5.91 Å². The first-order valence-corrected chi connectivity index (χ1v) is 15.9. The SMILES string of the molecule is CCCOCN1C(=O)C2(CCOCC2)c2c1cc(NC(=O)C([NH3+])C(C1CC1)C1CC1)nc2F.CCl.CSC. The molecular weight excluding hydrogens is 531 g/mol. The Balaban J connectivity index is 0.000000748. The molecule has 4 aliphatic rings. The van der Waals surface area contributed by atoms with Crippen molar-refractivity contribution < 1.29 is 29.2 Å². The highest BCUT2D eigenvalue weighted by atomic mass is 35.5. The molecule has 0 bridgehead atoms. The molecule has 2 saturated carbocycles. The molecule has 4 N–H and O–H groups in total. The number of anilines is 2. The second-order valence-electron chi connectivity index (χ2n) is 10.4. The van der Waals surface area contributed by atoms with Gasteiger partial charge in [0.1, 0.15) is 12.5 Å². The zero-order valence-electron chi connectivity index (χ0n) is 23.1. The predicted octanol–water partition coefficient (Wildman–Crippen LogP) is 3.82. The maximum absolute atomic E-state index is 15.5. The molecule has 1 aromatic rings. The molecule has 38 heavy (non-hydrogen) atoms. The van der Waals surface area contributed by atoms with Gasteiger partial charge < -0.3 is 20.5 Å². The van der Waals surface area contributed by atoms with Gasteiger partial charge in [0.15, 0.2) is 6.04 Å². The first-order valence-electron chi connectivity index (χ1n) is 13.5. The second kappa shape index (κ2) is 14.3. The van der Waals surface area contributed by atoms with E-state index in [2.05, 4.69) is 27.6 Å². The Bertz CT molecular complexity index is 945. The van der Waals surface area contributed by atoms with E-state index in [1.54, 1.807) is 17.8 Å². The van der Waals surface area contributed by atoms with Crippen molar-refractivity contribution in [3.63, 3.8) is 0 Å². The molecule has 0 radical (unpaired) electrons. The van der Waals surface area contributed by atoms with E-state index >= 15 is 4.39 Å². The van der Waals surface area contributed by atoms with Crippen LogP contribution in [0, 0.1) is 23.7 Å². The van der Waals surface area contributed by atoms with Crippen LogP contribution in [0.15, 0.2) is 6.07 Å². The topological polar surface area (TPSA) is 108 Å². The molecule has 3 fully saturated rings. The summed E-state index contributed by atoms with van der Waals surface area (Å²) < 4.78 is 26.6. The highest BCUT2D eigenvalue weighted by Gasteiger charge is 2.54. The van der Waals surface area contributed by atoms with E-state index in [9.17, 15) is 9.59 Å². The lowest BCUT2D eigenvalue weighted by molar-refractivity contribution is -0.418. The van der Waals surface area contributed by atoms with Crippen LogP contribution in [0.5, 0.6) is 0 Å². The maximum Gasteiger partial charge on any atom is 0.283 e. The Morgan fingerprint density at radius 1 is 1.29 bits per heavy atom. The van der Waals surface area contributed by atoms with E-state index in [1.807, 2.05) is 19.4 Å². The Labute approximate surface area is 234 Å². The smallest absolute Gasteiger partial charge is 0.283 e. The van der Waals surface area contributed by atoms with Crippen LogP contribution in [0.1, 0.15) is 57.4 Å². The lowest BCUT2D eigenvalue weighted by Gasteiger charge is -2.32. The third kappa shape index (κ3) is 6.81. The van der Waals surface area contributed by atoms with Gasteiger partial charge in [-0.3, -0.25) is 14.5 Å². The van der Waals surface area contributed by atoms with Crippen LogP contribution in [0.4, 0.5) is 15.9 Å². The van der Waals surface area contributed by atoms with Gasteiger partial charge in [-0.05, 0) is 69.3 Å². The van der Waals surface area contributed by atoms with Gasteiger partial charge in [-0.1, -0.05) is 6.92 Å². The molecule has 1 saturated heterocycles. The first-order chi connectivity index (χ1) is 18.4. The van der Waals surface area contributed by atoms with Crippen LogP contribution in [-0.4, -0.2) is 68.3 Å². The monoisotopic (exact) mass is 573 g/mol. The number of aromatic nitrogens is 1. The van der Waals surface area contributed by atoms with Crippen LogP contribution in [0.3, 0.4) is 0 Å². The minimum Gasteiger partial charge on any atom is -0.381 e. The number of carbonyl (C=O) groups is 2. The number of nitrogens with one attached hydrogen (secondary N) is 1. The van der Waals surface area contributed by atoms with E-state index < -0.39 is 17.4 Å². The van der Waals surface area contributed by atoms with Crippen LogP contribution >= 0.6 is 23.4 Å². The zero-order valence-corrected chi connectivity index (χ0v) is 24.6. The molecule has 2 aliphatic heterocycles. The van der Waals surface area contributed by atoms with Crippen molar-refractivity contribution in [2.75, 3.05) is 55.7 Å². The van der Waals surface area contributed by atoms with Crippen LogP contribution in [-0.2, 0) is 24.5 Å². The number of fused-ring (bicyclic) bond motifs is 2. The standard InChI is InChI=1S/C24H33FN4O4.C2H6S.CH3Cl/c1-2-9-33-13-29-16-12-17(28-22(30)20(26)18(14-3-4-14)15-5-6-15)27-21(25)19(16)24(23(29)31)7-10-32-11-8-24;1-3-2;1-2/h12,14-15,18,20H,2-11,13,26H2,1H3,(H,27,28,30);1-2H3;1H3/p+1. The number of hydrogen-bond donors (Lipinski definition) is 2. The van der Waals surface area contributed by atoms with Gasteiger partial charge in [-0.15, -0.1) is 11.6 Å². The summed E-state index contributed by atoms with van der Waals surface area (Å²) in [7, 11) is 0. The number of nitrogens with zero attached hydrogens (tertiary/aromatic N) is 2. The largest absolute Gasteiger partial charge is 0.381 e. The third-order valence-electron chi connectivity index (χ3n) is 7.68. The molecule has 11 heteroatoms. The van der Waals surface area contributed by atoms with Crippen LogP contribution in [0.2, 0.25) is 0 Å². The lowest BCUT2D eigenvalue weighted by atomic mass is 9.75. The summed E-state index contributed by atoms with van der Waals surface area (Å²) in [6.45, 7) is 3.31. The maximum atomic E-state index is 15.5. The van der Waals surface area contributed by atoms with Gasteiger partial charge >= 0.3 is 0 Å². The minimum absolute atomic E-state index is 0.0442. The normalized spacial score (nSPS) is 20.3. The number of rotatable bonds is 9. The molecular formula is C27H43ClFN4O4S+. The molecule has 1 atom stereocenters. The Morgan fingerprint density at radius 3 is 2.39 bits per heavy atom. The number of carbonyl (C=O) groups excluding carboxylic acids is 2. The van der Waals surface area contributed by atoms with E-state index in [1.165, 1.54) is 11.3 Å². The van der Waals surface area contributed by atoms with Crippen molar-refractivity contribution in [3.05, 3.63) is 17.6 Å². The molecule has 8 nitrogen and oxygen atoms in total. The Kier molecular flexibility index (Phi) is 11.7. The van der Waals surface area contributed by atoms with Gasteiger partial charge in [-0.25, -0.2) is 4.98 Å². The quantitative estimate of drug-likeness (QED) is 0.264. The molecule has 0 aromatic carbocycles. The summed E-state index contributed by atoms with van der Waals surface area (Å²) >= 11 is 6.39. The number of thioether (sulfide) groups is 1. The predicted molar refractivity (Wildman–Crippen MR) is 150 cm³/mol. The van der Waals surface area contributed by atoms with Crippen LogP contribution in [0.25, 0.3) is 0 Å². The summed E-state index contributed by atoms with van der Waals surface area (Å²) in [6, 6.07) is 1.22. The molecule has 2 amide bonds. The van der Waals surface area contributed by atoms with Gasteiger partial charge in [0, 0.05) is 43.8 Å². The number of halogens is 2. The Morgan fingerprint density at radius 2 is 1.87 bits per heavy atom.